The van der Waals surface area contributed by atoms with Crippen molar-refractivity contribution in [3.63, 3.8) is 0 Å². The number of benzene rings is 1. The molecule has 1 aromatic rings. The summed E-state index contributed by atoms with van der Waals surface area (Å²) in [6.07, 6.45) is 1.04. The highest BCUT2D eigenvalue weighted by Crippen LogP contribution is 2.28. The van der Waals surface area contributed by atoms with E-state index in [9.17, 15) is 4.79 Å². The van der Waals surface area contributed by atoms with Gasteiger partial charge in [0.05, 0.1) is 0 Å². The van der Waals surface area contributed by atoms with Crippen LogP contribution in [0, 0.1) is 0 Å². The van der Waals surface area contributed by atoms with Crippen molar-refractivity contribution in [2.75, 3.05) is 19.7 Å². The summed E-state index contributed by atoms with van der Waals surface area (Å²) in [5.74, 6) is 1.07. The molecule has 108 valence electrons. The molecule has 0 saturated heterocycles. The third-order valence-corrected chi connectivity index (χ3v) is 2.89. The monoisotopic (exact) mass is 286 g/mol. The number of halogens is 1. The summed E-state index contributed by atoms with van der Waals surface area (Å²) < 4.78 is 5.57. The number of carbonyl (C=O) groups excluding carboxylic acids is 1. The number of nitrogens with two attached hydrogens (primary N) is 1. The van der Waals surface area contributed by atoms with Gasteiger partial charge in [0.2, 0.25) is 0 Å². The molecule has 1 rings (SSSR count). The minimum atomic E-state index is -0.139. The maximum absolute atomic E-state index is 11.4. The topological polar surface area (TPSA) is 64.3 Å². The molecule has 1 atom stereocenters. The average molecular weight is 287 g/mol. The Labute approximate surface area is 121 Å². The van der Waals surface area contributed by atoms with E-state index >= 15 is 0 Å². The molecule has 1 aromatic carbocycles. The number of hydrogen-bond donors (Lipinski definition) is 2. The first-order chi connectivity index (χ1) is 8.69. The Morgan fingerprint density at radius 3 is 2.74 bits per heavy atom. The predicted molar refractivity (Wildman–Crippen MR) is 80.0 cm³/mol. The van der Waals surface area contributed by atoms with Gasteiger partial charge in [0.15, 0.2) is 6.61 Å². The molecular formula is C14H23ClN2O2. The maximum Gasteiger partial charge on any atom is 0.257 e. The van der Waals surface area contributed by atoms with Crippen LogP contribution >= 0.6 is 12.4 Å². The van der Waals surface area contributed by atoms with E-state index in [-0.39, 0.29) is 24.9 Å². The van der Waals surface area contributed by atoms with Crippen LogP contribution in [-0.4, -0.2) is 25.6 Å². The molecule has 1 unspecified atom stereocenters. The molecule has 0 saturated carbocycles. The lowest BCUT2D eigenvalue weighted by Crippen LogP contribution is -2.33. The zero-order valence-corrected chi connectivity index (χ0v) is 12.3. The largest absolute Gasteiger partial charge is 0.483 e. The van der Waals surface area contributed by atoms with E-state index < -0.39 is 0 Å². The molecule has 4 nitrogen and oxygen atoms in total. The second-order valence-corrected chi connectivity index (χ2v) is 4.27. The lowest BCUT2D eigenvalue weighted by molar-refractivity contribution is -0.123. The van der Waals surface area contributed by atoms with Crippen molar-refractivity contribution in [3.8, 4) is 5.75 Å². The number of rotatable bonds is 7. The molecule has 0 heterocycles. The highest BCUT2D eigenvalue weighted by atomic mass is 35.5. The average Bonchev–Trinajstić information content (AvgIpc) is 2.42. The highest BCUT2D eigenvalue weighted by Gasteiger charge is 2.10. The van der Waals surface area contributed by atoms with Gasteiger partial charge in [0.25, 0.3) is 5.91 Å². The van der Waals surface area contributed by atoms with Crippen LogP contribution in [0.5, 0.6) is 5.75 Å². The molecule has 0 bridgehead atoms. The fraction of sp³-hybridized carbons (Fsp3) is 0.500. The Morgan fingerprint density at radius 1 is 1.42 bits per heavy atom. The zero-order valence-electron chi connectivity index (χ0n) is 11.5. The number of hydrogen-bond acceptors (Lipinski definition) is 3. The van der Waals surface area contributed by atoms with Gasteiger partial charge in [-0.25, -0.2) is 0 Å². The number of amides is 1. The summed E-state index contributed by atoms with van der Waals surface area (Å²) in [6, 6.07) is 7.85. The first kappa shape index (κ1) is 17.7. The molecule has 0 aliphatic rings. The number of carbonyl (C=O) groups is 1. The molecular weight excluding hydrogens is 264 g/mol. The lowest BCUT2D eigenvalue weighted by atomic mass is 9.98. The molecule has 0 fully saturated rings. The van der Waals surface area contributed by atoms with Gasteiger partial charge in [0.1, 0.15) is 5.75 Å². The first-order valence-corrected chi connectivity index (χ1v) is 6.37. The first-order valence-electron chi connectivity index (χ1n) is 6.37. The Balaban J connectivity index is 0.00000324. The molecule has 19 heavy (non-hydrogen) atoms. The predicted octanol–water partition coefficient (Wildman–Crippen LogP) is 2.08. The summed E-state index contributed by atoms with van der Waals surface area (Å²) in [7, 11) is 0. The summed E-state index contributed by atoms with van der Waals surface area (Å²) in [5.41, 5.74) is 6.46. The molecule has 1 amide bonds. The fourth-order valence-electron chi connectivity index (χ4n) is 1.64. The van der Waals surface area contributed by atoms with E-state index in [2.05, 4.69) is 19.2 Å². The highest BCUT2D eigenvalue weighted by molar-refractivity contribution is 5.85. The van der Waals surface area contributed by atoms with Crippen molar-refractivity contribution >= 4 is 18.3 Å². The van der Waals surface area contributed by atoms with Crippen molar-refractivity contribution in [3.05, 3.63) is 29.8 Å². The van der Waals surface area contributed by atoms with Crippen molar-refractivity contribution in [1.82, 2.24) is 5.32 Å². The van der Waals surface area contributed by atoms with Crippen LogP contribution in [0.25, 0.3) is 0 Å². The Hall–Kier alpha value is -1.26. The normalized spacial score (nSPS) is 11.3. The van der Waals surface area contributed by atoms with Gasteiger partial charge in [-0.1, -0.05) is 32.0 Å². The van der Waals surface area contributed by atoms with Crippen LogP contribution in [0.15, 0.2) is 24.3 Å². The second kappa shape index (κ2) is 9.64. The van der Waals surface area contributed by atoms with Crippen LogP contribution < -0.4 is 15.8 Å². The van der Waals surface area contributed by atoms with Gasteiger partial charge in [-0.05, 0) is 24.0 Å². The van der Waals surface area contributed by atoms with Gasteiger partial charge in [-0.3, -0.25) is 4.79 Å². The van der Waals surface area contributed by atoms with E-state index in [1.807, 2.05) is 24.3 Å². The third kappa shape index (κ3) is 5.94. The number of ether oxygens (including phenoxy) is 1. The Bertz CT molecular complexity index is 385. The quantitative estimate of drug-likeness (QED) is 0.806. The summed E-state index contributed by atoms with van der Waals surface area (Å²) >= 11 is 0. The summed E-state index contributed by atoms with van der Waals surface area (Å²) in [5, 5.41) is 2.68. The van der Waals surface area contributed by atoms with Gasteiger partial charge in [-0.15, -0.1) is 12.4 Å². The molecule has 3 N–H and O–H groups in total. The summed E-state index contributed by atoms with van der Waals surface area (Å²) in [4.78, 5) is 11.4. The van der Waals surface area contributed by atoms with Crippen molar-refractivity contribution < 1.29 is 9.53 Å². The minimum Gasteiger partial charge on any atom is -0.483 e. The smallest absolute Gasteiger partial charge is 0.257 e. The maximum atomic E-state index is 11.4. The van der Waals surface area contributed by atoms with E-state index in [0.29, 0.717) is 19.0 Å². The molecule has 0 spiro atoms. The van der Waals surface area contributed by atoms with Crippen LogP contribution in [0.1, 0.15) is 31.7 Å². The van der Waals surface area contributed by atoms with E-state index in [1.54, 1.807) is 0 Å². The Morgan fingerprint density at radius 2 is 2.11 bits per heavy atom. The zero-order chi connectivity index (χ0) is 13.4. The number of para-hydroxylation sites is 1. The van der Waals surface area contributed by atoms with E-state index in [0.717, 1.165) is 17.7 Å². The van der Waals surface area contributed by atoms with Crippen LogP contribution in [0.2, 0.25) is 0 Å². The molecule has 0 aliphatic carbocycles. The SMILES string of the molecule is CCC(C)c1ccccc1OCC(=O)NCCN.Cl. The second-order valence-electron chi connectivity index (χ2n) is 4.27. The Kier molecular flexibility index (Phi) is 9.00. The molecule has 5 heteroatoms. The van der Waals surface area contributed by atoms with Crippen LogP contribution in [-0.2, 0) is 4.79 Å². The van der Waals surface area contributed by atoms with E-state index in [1.165, 1.54) is 0 Å². The fourth-order valence-corrected chi connectivity index (χ4v) is 1.64. The van der Waals surface area contributed by atoms with Gasteiger partial charge >= 0.3 is 0 Å². The van der Waals surface area contributed by atoms with Crippen LogP contribution in [0.4, 0.5) is 0 Å². The lowest BCUT2D eigenvalue weighted by Gasteiger charge is -2.15. The summed E-state index contributed by atoms with van der Waals surface area (Å²) in [6.45, 7) is 5.24. The molecule has 0 aliphatic heterocycles. The minimum absolute atomic E-state index is 0. The molecule has 0 aromatic heterocycles. The van der Waals surface area contributed by atoms with Crippen molar-refractivity contribution in [1.29, 1.82) is 0 Å². The van der Waals surface area contributed by atoms with Crippen molar-refractivity contribution in [2.24, 2.45) is 5.73 Å². The standard InChI is InChI=1S/C14H22N2O2.ClH/c1-3-11(2)12-6-4-5-7-13(12)18-10-14(17)16-9-8-15;/h4-7,11H,3,8-10,15H2,1-2H3,(H,16,17);1H. The van der Waals surface area contributed by atoms with Gasteiger partial charge < -0.3 is 15.8 Å². The third-order valence-electron chi connectivity index (χ3n) is 2.89. The van der Waals surface area contributed by atoms with Gasteiger partial charge in [0, 0.05) is 13.1 Å². The number of nitrogens with one attached hydrogen (secondary N) is 1. The van der Waals surface area contributed by atoms with Crippen molar-refractivity contribution in [2.45, 2.75) is 26.2 Å². The van der Waals surface area contributed by atoms with Gasteiger partial charge in [-0.2, -0.15) is 0 Å². The van der Waals surface area contributed by atoms with E-state index in [4.69, 9.17) is 10.5 Å². The van der Waals surface area contributed by atoms with Crippen LogP contribution in [0.3, 0.4) is 0 Å². The molecule has 0 radical (unpaired) electrons.